The number of H-pyrrole nitrogens is 1. The molecule has 0 aliphatic carbocycles. The fraction of sp³-hybridized carbons (Fsp3) is 0.556. The highest BCUT2D eigenvalue weighted by Crippen LogP contribution is 2.12. The maximum absolute atomic E-state index is 10.9. The van der Waals surface area contributed by atoms with Crippen LogP contribution in [0.3, 0.4) is 0 Å². The summed E-state index contributed by atoms with van der Waals surface area (Å²) in [6.45, 7) is 1.27. The molecular weight excluding hydrogens is 184 g/mol. The number of aromatic nitrogens is 2. The molecule has 0 aromatic carbocycles. The molecule has 0 radical (unpaired) electrons. The Morgan fingerprint density at radius 3 is 3.36 bits per heavy atom. The molecule has 0 amide bonds. The lowest BCUT2D eigenvalue weighted by atomic mass is 10.2. The van der Waals surface area contributed by atoms with E-state index < -0.39 is 0 Å². The van der Waals surface area contributed by atoms with Crippen molar-refractivity contribution in [3.05, 3.63) is 22.7 Å². The summed E-state index contributed by atoms with van der Waals surface area (Å²) in [7, 11) is 0. The minimum absolute atomic E-state index is 0.149. The quantitative estimate of drug-likeness (QED) is 0.756. The van der Waals surface area contributed by atoms with E-state index in [2.05, 4.69) is 9.97 Å². The van der Waals surface area contributed by atoms with Crippen LogP contribution in [-0.2, 0) is 4.74 Å². The zero-order valence-corrected chi connectivity index (χ0v) is 7.73. The first kappa shape index (κ1) is 9.21. The van der Waals surface area contributed by atoms with Gasteiger partial charge in [-0.3, -0.25) is 4.79 Å². The van der Waals surface area contributed by atoms with Gasteiger partial charge in [-0.25, -0.2) is 4.98 Å². The first-order valence-corrected chi connectivity index (χ1v) is 4.64. The average Bonchev–Trinajstić information content (AvgIpc) is 2.67. The third kappa shape index (κ3) is 2.32. The molecule has 1 aliphatic heterocycles. The number of ether oxygens (including phenoxy) is 2. The maximum Gasteiger partial charge on any atom is 0.254 e. The predicted octanol–water partition coefficient (Wildman–Crippen LogP) is 0.328. The third-order valence-electron chi connectivity index (χ3n) is 2.09. The molecule has 1 atom stereocenters. The van der Waals surface area contributed by atoms with E-state index in [0.717, 1.165) is 19.4 Å². The van der Waals surface area contributed by atoms with E-state index in [1.54, 1.807) is 0 Å². The second-order valence-electron chi connectivity index (χ2n) is 3.20. The molecule has 1 unspecified atom stereocenters. The van der Waals surface area contributed by atoms with Crippen LogP contribution in [-0.4, -0.2) is 29.3 Å². The molecule has 0 saturated carbocycles. The lowest BCUT2D eigenvalue weighted by molar-refractivity contribution is 0.0662. The van der Waals surface area contributed by atoms with E-state index in [4.69, 9.17) is 9.47 Å². The Balaban J connectivity index is 1.88. The topological polar surface area (TPSA) is 64.2 Å². The Labute approximate surface area is 81.1 Å². The predicted molar refractivity (Wildman–Crippen MR) is 49.3 cm³/mol. The van der Waals surface area contributed by atoms with Crippen molar-refractivity contribution < 1.29 is 9.47 Å². The molecule has 1 aromatic rings. The van der Waals surface area contributed by atoms with Gasteiger partial charge in [0.1, 0.15) is 6.61 Å². The van der Waals surface area contributed by atoms with Gasteiger partial charge in [0.2, 0.25) is 5.88 Å². The highest BCUT2D eigenvalue weighted by molar-refractivity contribution is 5.04. The molecule has 2 rings (SSSR count). The monoisotopic (exact) mass is 196 g/mol. The summed E-state index contributed by atoms with van der Waals surface area (Å²) in [5.41, 5.74) is -0.206. The smallest absolute Gasteiger partial charge is 0.254 e. The molecule has 2 heterocycles. The Hall–Kier alpha value is -1.36. The molecule has 1 fully saturated rings. The lowest BCUT2D eigenvalue weighted by Crippen LogP contribution is -2.17. The molecule has 5 nitrogen and oxygen atoms in total. The van der Waals surface area contributed by atoms with Crippen LogP contribution < -0.4 is 10.3 Å². The van der Waals surface area contributed by atoms with Crippen molar-refractivity contribution >= 4 is 0 Å². The summed E-state index contributed by atoms with van der Waals surface area (Å²) < 4.78 is 10.7. The fourth-order valence-electron chi connectivity index (χ4n) is 1.38. The summed E-state index contributed by atoms with van der Waals surface area (Å²) in [5.74, 6) is 0.351. The Morgan fingerprint density at radius 1 is 1.71 bits per heavy atom. The van der Waals surface area contributed by atoms with Gasteiger partial charge in [-0.05, 0) is 12.8 Å². The summed E-state index contributed by atoms with van der Waals surface area (Å²) in [5, 5.41) is 0. The van der Waals surface area contributed by atoms with Gasteiger partial charge in [0, 0.05) is 6.61 Å². The molecule has 1 saturated heterocycles. The number of aromatic amines is 1. The van der Waals surface area contributed by atoms with Crippen LogP contribution in [0.15, 0.2) is 17.2 Å². The van der Waals surface area contributed by atoms with Gasteiger partial charge >= 0.3 is 0 Å². The Bertz CT molecular complexity index is 344. The third-order valence-corrected chi connectivity index (χ3v) is 2.09. The van der Waals surface area contributed by atoms with Gasteiger partial charge in [0.05, 0.1) is 18.5 Å². The summed E-state index contributed by atoms with van der Waals surface area (Å²) in [6.07, 6.45) is 3.57. The highest BCUT2D eigenvalue weighted by Gasteiger charge is 2.16. The molecule has 0 spiro atoms. The van der Waals surface area contributed by atoms with E-state index in [0.29, 0.717) is 12.5 Å². The van der Waals surface area contributed by atoms with Crippen molar-refractivity contribution in [2.45, 2.75) is 18.9 Å². The maximum atomic E-state index is 10.9. The molecule has 76 valence electrons. The van der Waals surface area contributed by atoms with Gasteiger partial charge < -0.3 is 14.5 Å². The lowest BCUT2D eigenvalue weighted by Gasteiger charge is -2.09. The zero-order valence-electron chi connectivity index (χ0n) is 7.73. The molecule has 0 bridgehead atoms. The second kappa shape index (κ2) is 4.23. The summed E-state index contributed by atoms with van der Waals surface area (Å²) in [6, 6.07) is 1.33. The Morgan fingerprint density at radius 2 is 2.64 bits per heavy atom. The van der Waals surface area contributed by atoms with Crippen LogP contribution in [0.5, 0.6) is 5.88 Å². The van der Waals surface area contributed by atoms with E-state index in [1.165, 1.54) is 12.4 Å². The van der Waals surface area contributed by atoms with E-state index in [-0.39, 0.29) is 11.7 Å². The molecule has 14 heavy (non-hydrogen) atoms. The minimum Gasteiger partial charge on any atom is -0.475 e. The van der Waals surface area contributed by atoms with Gasteiger partial charge in [0.25, 0.3) is 5.56 Å². The van der Waals surface area contributed by atoms with Crippen molar-refractivity contribution in [2.24, 2.45) is 0 Å². The van der Waals surface area contributed by atoms with Crippen molar-refractivity contribution in [1.29, 1.82) is 0 Å². The van der Waals surface area contributed by atoms with Gasteiger partial charge in [0.15, 0.2) is 0 Å². The molecule has 1 aliphatic rings. The van der Waals surface area contributed by atoms with E-state index in [1.807, 2.05) is 0 Å². The largest absolute Gasteiger partial charge is 0.475 e. The Kier molecular flexibility index (Phi) is 2.78. The molecule has 5 heteroatoms. The SMILES string of the molecule is O=c1cc(OCC2CCCO2)nc[nH]1. The van der Waals surface area contributed by atoms with E-state index >= 15 is 0 Å². The van der Waals surface area contributed by atoms with E-state index in [9.17, 15) is 4.79 Å². The van der Waals surface area contributed by atoms with Crippen LogP contribution in [0.25, 0.3) is 0 Å². The summed E-state index contributed by atoms with van der Waals surface area (Å²) in [4.78, 5) is 17.2. The number of hydrogen-bond acceptors (Lipinski definition) is 4. The fourth-order valence-corrected chi connectivity index (χ4v) is 1.38. The van der Waals surface area contributed by atoms with Crippen molar-refractivity contribution in [3.8, 4) is 5.88 Å². The number of nitrogens with one attached hydrogen (secondary N) is 1. The first-order valence-electron chi connectivity index (χ1n) is 4.64. The van der Waals surface area contributed by atoms with Crippen molar-refractivity contribution in [2.75, 3.05) is 13.2 Å². The normalized spacial score (nSPS) is 21.0. The van der Waals surface area contributed by atoms with Gasteiger partial charge in [-0.2, -0.15) is 0 Å². The standard InChI is InChI=1S/C9H12N2O3/c12-8-4-9(11-6-10-8)14-5-7-2-1-3-13-7/h4,6-7H,1-3,5H2,(H,10,11,12). The van der Waals surface area contributed by atoms with Crippen molar-refractivity contribution in [3.63, 3.8) is 0 Å². The molecule has 1 aromatic heterocycles. The van der Waals surface area contributed by atoms with Crippen LogP contribution in [0, 0.1) is 0 Å². The number of hydrogen-bond donors (Lipinski definition) is 1. The van der Waals surface area contributed by atoms with Gasteiger partial charge in [-0.1, -0.05) is 0 Å². The minimum atomic E-state index is -0.206. The van der Waals surface area contributed by atoms with Crippen molar-refractivity contribution in [1.82, 2.24) is 9.97 Å². The average molecular weight is 196 g/mol. The van der Waals surface area contributed by atoms with Crippen LogP contribution in [0.2, 0.25) is 0 Å². The van der Waals surface area contributed by atoms with Gasteiger partial charge in [-0.15, -0.1) is 0 Å². The number of rotatable bonds is 3. The second-order valence-corrected chi connectivity index (χ2v) is 3.20. The number of nitrogens with zero attached hydrogens (tertiary/aromatic N) is 1. The first-order chi connectivity index (χ1) is 6.84. The van der Waals surface area contributed by atoms with Crippen LogP contribution in [0.1, 0.15) is 12.8 Å². The molecular formula is C9H12N2O3. The van der Waals surface area contributed by atoms with Crippen LogP contribution in [0.4, 0.5) is 0 Å². The molecule has 1 N–H and O–H groups in total. The zero-order chi connectivity index (χ0) is 9.80. The highest BCUT2D eigenvalue weighted by atomic mass is 16.5. The summed E-state index contributed by atoms with van der Waals surface area (Å²) >= 11 is 0. The van der Waals surface area contributed by atoms with Crippen LogP contribution >= 0.6 is 0 Å².